The maximum atomic E-state index is 13.9. The minimum absolute atomic E-state index is 0.0123. The molecular formula is C108H127N7O17. The van der Waals surface area contributed by atoms with E-state index < -0.39 is 41.5 Å². The van der Waals surface area contributed by atoms with E-state index in [0.29, 0.717) is 5.69 Å². The molecule has 132 heavy (non-hydrogen) atoms. The Balaban J connectivity index is 0.627. The molecule has 3 aromatic heterocycles. The number of anilines is 1. The molecule has 0 fully saturated rings. The number of fused-ring (bicyclic) bond motifs is 8. The zero-order chi connectivity index (χ0) is 94.9. The molecule has 4 aliphatic rings. The van der Waals surface area contributed by atoms with Gasteiger partial charge in [0.05, 0.1) is 141 Å². The highest BCUT2D eigenvalue weighted by molar-refractivity contribution is 6.33. The number of nitrogens with one attached hydrogen (secondary N) is 3. The fraction of sp³-hybridized carbons (Fsp3) is 0.426. The number of hydrogen-bond donors (Lipinski definition) is 3. The number of aromatic amines is 2. The van der Waals surface area contributed by atoms with Crippen molar-refractivity contribution >= 4 is 110 Å². The number of aromatic nitrogens is 4. The Bertz CT molecular complexity index is 5880. The normalized spacial score (nSPS) is 13.6. The van der Waals surface area contributed by atoms with Gasteiger partial charge in [-0.05, 0) is 180 Å². The molecule has 3 N–H and O–H groups in total. The number of H-pyrrole nitrogens is 2. The Morgan fingerprint density at radius 1 is 0.311 bits per heavy atom. The zero-order valence-electron chi connectivity index (χ0n) is 80.0. The molecule has 8 bridgehead atoms. The van der Waals surface area contributed by atoms with E-state index in [4.69, 9.17) is 52.6 Å². The van der Waals surface area contributed by atoms with Crippen LogP contribution >= 0.6 is 0 Å². The van der Waals surface area contributed by atoms with E-state index in [1.807, 2.05) is 24.3 Å². The number of benzene rings is 6. The molecular weight excluding hydrogens is 1670 g/mol. The third kappa shape index (κ3) is 23.4. The molecule has 13 rings (SSSR count). The molecule has 0 saturated heterocycles. The number of hydrogen-bond acceptors (Lipinski definition) is 19. The lowest BCUT2D eigenvalue weighted by Crippen LogP contribution is -2.45. The first-order valence-electron chi connectivity index (χ1n) is 45.8. The minimum atomic E-state index is -0.582. The molecule has 0 spiro atoms. The summed E-state index contributed by atoms with van der Waals surface area (Å²) >= 11 is 0. The second kappa shape index (κ2) is 41.1. The summed E-state index contributed by atoms with van der Waals surface area (Å²) < 4.78 is 49.0. The summed E-state index contributed by atoms with van der Waals surface area (Å²) in [7, 11) is 0. The molecule has 9 aromatic rings. The predicted octanol–water partition coefficient (Wildman–Crippen LogP) is 20.4. The minimum Gasteiger partial charge on any atom is -0.466 e. The summed E-state index contributed by atoms with van der Waals surface area (Å²) in [6.45, 7) is 44.6. The Morgan fingerprint density at radius 2 is 0.568 bits per heavy atom. The van der Waals surface area contributed by atoms with Crippen molar-refractivity contribution in [2.45, 2.75) is 190 Å². The van der Waals surface area contributed by atoms with E-state index in [0.717, 1.165) is 99.1 Å². The van der Waals surface area contributed by atoms with Gasteiger partial charge in [0.15, 0.2) is 0 Å². The highest BCUT2D eigenvalue weighted by Gasteiger charge is 2.40. The van der Waals surface area contributed by atoms with Crippen LogP contribution in [0.3, 0.4) is 0 Å². The molecule has 5 amide bonds. The van der Waals surface area contributed by atoms with Crippen LogP contribution in [-0.2, 0) is 94.3 Å². The molecule has 0 saturated carbocycles. The highest BCUT2D eigenvalue weighted by Crippen LogP contribution is 2.46. The second-order valence-corrected chi connectivity index (χ2v) is 40.0. The van der Waals surface area contributed by atoms with Crippen LogP contribution in [0.2, 0.25) is 0 Å². The van der Waals surface area contributed by atoms with Gasteiger partial charge in [0.25, 0.3) is 23.6 Å². The van der Waals surface area contributed by atoms with E-state index in [-0.39, 0.29) is 209 Å². The SMILES string of the molecule is CCOC(=O)CCC(=O)OCCOCCOCCOCCN1C(=O)c2ccc3c4c(ccc(c24)C1=O)C(=O)N(CCOCCOCCOCCOC(=O)CCC(=O)Nc1ccc(-c2c4nc(c(-c5cc(C(C)(C)C)cc(C(C)(C)C)c5)c5ccc([nH]5)c(-c5cc(C(C)(C)C)cc(C(C)(C)C)c5)c5nc(c(-c6cc(C(C)(C)C)cc(C(C)(C)C)c6)c6ccc2[nH]6)C=C5)C=C4)cc1)C3=O. The summed E-state index contributed by atoms with van der Waals surface area (Å²) in [5.74, 6) is -4.22. The fourth-order valence-electron chi connectivity index (χ4n) is 16.3. The summed E-state index contributed by atoms with van der Waals surface area (Å²) in [5.41, 5.74) is 22.0. The van der Waals surface area contributed by atoms with Crippen molar-refractivity contribution in [2.24, 2.45) is 0 Å². The lowest BCUT2D eigenvalue weighted by Gasteiger charge is -2.31. The van der Waals surface area contributed by atoms with Crippen LogP contribution in [-0.4, -0.2) is 189 Å². The molecule has 696 valence electrons. The maximum Gasteiger partial charge on any atom is 0.306 e. The summed E-state index contributed by atoms with van der Waals surface area (Å²) in [6, 6.07) is 43.6. The molecule has 0 radical (unpaired) electrons. The molecule has 0 atom stereocenters. The number of esters is 3. The smallest absolute Gasteiger partial charge is 0.306 e. The second-order valence-electron chi connectivity index (χ2n) is 40.0. The largest absolute Gasteiger partial charge is 0.466 e. The zero-order valence-corrected chi connectivity index (χ0v) is 80.0. The van der Waals surface area contributed by atoms with Crippen LogP contribution in [0.1, 0.15) is 255 Å². The Morgan fingerprint density at radius 3 is 0.848 bits per heavy atom. The maximum absolute atomic E-state index is 13.9. The molecule has 7 heterocycles. The van der Waals surface area contributed by atoms with Crippen LogP contribution in [0.4, 0.5) is 5.69 Å². The monoisotopic (exact) mass is 1790 g/mol. The van der Waals surface area contributed by atoms with Gasteiger partial charge in [0.1, 0.15) is 13.2 Å². The summed E-state index contributed by atoms with van der Waals surface area (Å²) in [4.78, 5) is 127. The van der Waals surface area contributed by atoms with E-state index in [1.165, 1.54) is 57.6 Å². The highest BCUT2D eigenvalue weighted by atomic mass is 16.6. The molecule has 24 nitrogen and oxygen atoms in total. The lowest BCUT2D eigenvalue weighted by molar-refractivity contribution is -0.151. The summed E-state index contributed by atoms with van der Waals surface area (Å²) in [5, 5.41) is 3.51. The van der Waals surface area contributed by atoms with Gasteiger partial charge in [-0.1, -0.05) is 191 Å². The van der Waals surface area contributed by atoms with E-state index >= 15 is 0 Å². The van der Waals surface area contributed by atoms with Gasteiger partial charge in [0, 0.05) is 89.5 Å². The van der Waals surface area contributed by atoms with E-state index in [1.54, 1.807) is 6.92 Å². The van der Waals surface area contributed by atoms with Crippen LogP contribution in [0.15, 0.2) is 127 Å². The van der Waals surface area contributed by atoms with Gasteiger partial charge in [-0.15, -0.1) is 0 Å². The quantitative estimate of drug-likeness (QED) is 0.0142. The Hall–Kier alpha value is -11.9. The number of ether oxygens (including phenoxy) is 9. The molecule has 0 aliphatic carbocycles. The van der Waals surface area contributed by atoms with Crippen molar-refractivity contribution < 1.29 is 81.0 Å². The standard InChI is InChI=1S/C108H127N7O17/c1-20-130-90(117)39-40-92(119)132-56-54-129-52-50-127-48-46-125-44-42-115-101(122)79-27-25-77-97-78(26-28-80(98(79)97)102(115)123)100(121)114(99(77)120)41-43-124-45-47-126-49-51-128-53-55-131-91(118)38-37-89(116)109-76-23-21-66(22-24-76)93-81-29-31-83(110-81)94(67-57-70(103(2,3)4)63-71(58-67)104(5,6)7)85-33-35-87(112-85)96(69-61-74(107(14,15)16)65-75(62-69)108(17,18)19)88-36-34-86(113-88)95(84-32-30-82(93)111-84)68-59-72(105(8,9)10)64-73(60-68)106(11,12)13/h21-36,57-65,110,113H,20,37-56H2,1-19H3,(H,109,116). The number of amides is 5. The van der Waals surface area contributed by atoms with Crippen LogP contribution in [0, 0.1) is 0 Å². The van der Waals surface area contributed by atoms with Gasteiger partial charge in [-0.25, -0.2) is 9.97 Å². The first-order chi connectivity index (χ1) is 62.5. The van der Waals surface area contributed by atoms with Crippen molar-refractivity contribution in [1.82, 2.24) is 29.7 Å². The fourth-order valence-corrected chi connectivity index (χ4v) is 16.3. The van der Waals surface area contributed by atoms with E-state index in [9.17, 15) is 38.4 Å². The van der Waals surface area contributed by atoms with Crippen LogP contribution < -0.4 is 5.32 Å². The molecule has 4 aliphatic heterocycles. The van der Waals surface area contributed by atoms with Gasteiger partial charge >= 0.3 is 17.9 Å². The summed E-state index contributed by atoms with van der Waals surface area (Å²) in [6.07, 6.45) is 8.21. The van der Waals surface area contributed by atoms with Crippen molar-refractivity contribution in [2.75, 3.05) is 118 Å². The Kier molecular flexibility index (Phi) is 30.4. The van der Waals surface area contributed by atoms with Gasteiger partial charge in [-0.2, -0.15) is 0 Å². The lowest BCUT2D eigenvalue weighted by atomic mass is 9.78. The van der Waals surface area contributed by atoms with E-state index in [2.05, 4.69) is 243 Å². The third-order valence-corrected chi connectivity index (χ3v) is 23.9. The van der Waals surface area contributed by atoms with Crippen LogP contribution in [0.5, 0.6) is 0 Å². The average molecular weight is 1800 g/mol. The number of carbonyl (C=O) groups excluding carboxylic acids is 8. The van der Waals surface area contributed by atoms with Crippen molar-refractivity contribution in [3.05, 3.63) is 206 Å². The number of rotatable bonds is 36. The topological polar surface area (TPSA) is 296 Å². The number of carbonyl (C=O) groups is 8. The van der Waals surface area contributed by atoms with Gasteiger partial charge in [-0.3, -0.25) is 48.2 Å². The molecule has 24 heteroatoms. The van der Waals surface area contributed by atoms with Crippen LogP contribution in [0.25, 0.3) is 102 Å². The predicted molar refractivity (Wildman–Crippen MR) is 518 cm³/mol. The molecule has 0 unspecified atom stereocenters. The molecule has 6 aromatic carbocycles. The number of nitrogens with zero attached hydrogens (tertiary/aromatic N) is 4. The first-order valence-corrected chi connectivity index (χ1v) is 45.8. The van der Waals surface area contributed by atoms with Gasteiger partial charge < -0.3 is 57.9 Å². The number of imide groups is 2. The van der Waals surface area contributed by atoms with Crippen molar-refractivity contribution in [1.29, 1.82) is 0 Å². The average Bonchev–Trinajstić information content (AvgIpc) is 0.909. The third-order valence-electron chi connectivity index (χ3n) is 23.9. The van der Waals surface area contributed by atoms with Crippen molar-refractivity contribution in [3.63, 3.8) is 0 Å². The van der Waals surface area contributed by atoms with Crippen molar-refractivity contribution in [3.8, 4) is 44.5 Å². The Labute approximate surface area is 774 Å². The van der Waals surface area contributed by atoms with Gasteiger partial charge in [0.2, 0.25) is 5.91 Å². The first kappa shape index (κ1) is 97.6.